The molecule has 6 rings (SSSR count). The molecule has 7 heteroatoms. The molecule has 1 saturated heterocycles. The highest BCUT2D eigenvalue weighted by molar-refractivity contribution is 7.16. The molecule has 1 aromatic carbocycles. The van der Waals surface area contributed by atoms with Crippen LogP contribution in [0.1, 0.15) is 28.5 Å². The maximum absolute atomic E-state index is 4.75. The van der Waals surface area contributed by atoms with Gasteiger partial charge in [-0.2, -0.15) is 5.10 Å². The summed E-state index contributed by atoms with van der Waals surface area (Å²) in [4.78, 5) is 16.3. The van der Waals surface area contributed by atoms with Crippen LogP contribution < -0.4 is 4.90 Å². The van der Waals surface area contributed by atoms with Crippen LogP contribution in [0.4, 0.5) is 5.82 Å². The molecule has 35 heavy (non-hydrogen) atoms. The van der Waals surface area contributed by atoms with Crippen molar-refractivity contribution in [1.82, 2.24) is 20.1 Å². The number of aromatic amines is 1. The van der Waals surface area contributed by atoms with Crippen molar-refractivity contribution in [3.63, 3.8) is 0 Å². The molecule has 2 aliphatic rings. The van der Waals surface area contributed by atoms with E-state index in [2.05, 4.69) is 75.2 Å². The number of H-pyrrole nitrogens is 1. The number of aromatic nitrogens is 3. The molecule has 0 amide bonds. The minimum atomic E-state index is 0.928. The lowest BCUT2D eigenvalue weighted by Crippen LogP contribution is -2.44. The molecule has 1 aliphatic heterocycles. The Morgan fingerprint density at radius 3 is 2.74 bits per heavy atom. The smallest absolute Gasteiger partial charge is 0.129 e. The summed E-state index contributed by atoms with van der Waals surface area (Å²) in [5.74, 6) is 1.08. The predicted octanol–water partition coefficient (Wildman–Crippen LogP) is 5.13. The number of anilines is 1. The van der Waals surface area contributed by atoms with Crippen LogP contribution in [-0.4, -0.2) is 66.6 Å². The Bertz CT molecular complexity index is 1410. The summed E-state index contributed by atoms with van der Waals surface area (Å²) < 4.78 is 0. The molecule has 4 heterocycles. The maximum atomic E-state index is 4.75. The van der Waals surface area contributed by atoms with E-state index in [0.29, 0.717) is 0 Å². The first kappa shape index (κ1) is 22.2. The van der Waals surface area contributed by atoms with Gasteiger partial charge in [0.1, 0.15) is 5.82 Å². The SMILES string of the molecule is CCc1cc(-c2n[nH]c3c2Cc2sc(-c4ccnc(N5CCN(C)CC5)c4)cc2-3)ccc1/C=N\C. The summed E-state index contributed by atoms with van der Waals surface area (Å²) in [5, 5.41) is 8.10. The van der Waals surface area contributed by atoms with Crippen molar-refractivity contribution in [2.45, 2.75) is 19.8 Å². The lowest BCUT2D eigenvalue weighted by Gasteiger charge is -2.33. The van der Waals surface area contributed by atoms with Gasteiger partial charge in [0.05, 0.1) is 11.4 Å². The number of nitrogens with one attached hydrogen (secondary N) is 1. The fourth-order valence-electron chi connectivity index (χ4n) is 5.18. The van der Waals surface area contributed by atoms with Gasteiger partial charge in [0.15, 0.2) is 0 Å². The molecule has 6 nitrogen and oxygen atoms in total. The first-order valence-corrected chi connectivity index (χ1v) is 13.1. The monoisotopic (exact) mass is 482 g/mol. The number of pyridine rings is 1. The summed E-state index contributed by atoms with van der Waals surface area (Å²) in [6, 6.07) is 13.3. The molecule has 1 N–H and O–H groups in total. The number of likely N-dealkylation sites (N-methyl/N-ethyl adjacent to an activating group) is 1. The Labute approximate surface area is 210 Å². The second kappa shape index (κ2) is 9.06. The Morgan fingerprint density at radius 2 is 1.94 bits per heavy atom. The van der Waals surface area contributed by atoms with Gasteiger partial charge in [0, 0.05) is 78.5 Å². The van der Waals surface area contributed by atoms with Crippen LogP contribution in [0, 0.1) is 0 Å². The van der Waals surface area contributed by atoms with Crippen LogP contribution >= 0.6 is 11.3 Å². The molecule has 1 fully saturated rings. The van der Waals surface area contributed by atoms with E-state index in [9.17, 15) is 0 Å². The van der Waals surface area contributed by atoms with Crippen LogP contribution in [0.5, 0.6) is 0 Å². The Hall–Kier alpha value is -3.29. The van der Waals surface area contributed by atoms with E-state index in [1.807, 2.05) is 30.8 Å². The molecular weight excluding hydrogens is 452 g/mol. The van der Waals surface area contributed by atoms with Gasteiger partial charge in [0.2, 0.25) is 0 Å². The summed E-state index contributed by atoms with van der Waals surface area (Å²) in [6.45, 7) is 6.41. The highest BCUT2D eigenvalue weighted by atomic mass is 32.1. The quantitative estimate of drug-likeness (QED) is 0.353. The number of fused-ring (bicyclic) bond motifs is 3. The summed E-state index contributed by atoms with van der Waals surface area (Å²) in [5.41, 5.74) is 9.75. The van der Waals surface area contributed by atoms with Crippen molar-refractivity contribution in [2.24, 2.45) is 4.99 Å². The van der Waals surface area contributed by atoms with Crippen LogP contribution in [0.15, 0.2) is 47.6 Å². The number of piperazine rings is 1. The number of aliphatic imine (C=N–C) groups is 1. The van der Waals surface area contributed by atoms with Gasteiger partial charge in [-0.3, -0.25) is 10.1 Å². The van der Waals surface area contributed by atoms with Crippen LogP contribution in [0.25, 0.3) is 33.0 Å². The second-order valence-electron chi connectivity index (χ2n) is 9.40. The van der Waals surface area contributed by atoms with Crippen LogP contribution in [-0.2, 0) is 12.8 Å². The van der Waals surface area contributed by atoms with Crippen molar-refractivity contribution in [1.29, 1.82) is 0 Å². The molecule has 4 aromatic rings. The van der Waals surface area contributed by atoms with Crippen molar-refractivity contribution in [3.8, 4) is 33.0 Å². The van der Waals surface area contributed by atoms with Gasteiger partial charge in [0.25, 0.3) is 0 Å². The van der Waals surface area contributed by atoms with E-state index >= 15 is 0 Å². The van der Waals surface area contributed by atoms with E-state index < -0.39 is 0 Å². The van der Waals surface area contributed by atoms with Crippen LogP contribution in [0.3, 0.4) is 0 Å². The van der Waals surface area contributed by atoms with Gasteiger partial charge in [-0.15, -0.1) is 11.3 Å². The first-order chi connectivity index (χ1) is 17.1. The highest BCUT2D eigenvalue weighted by Gasteiger charge is 2.28. The normalized spacial score (nSPS) is 15.7. The van der Waals surface area contributed by atoms with E-state index in [-0.39, 0.29) is 0 Å². The number of nitrogens with zero attached hydrogens (tertiary/aromatic N) is 5. The minimum Gasteiger partial charge on any atom is -0.354 e. The second-order valence-corrected chi connectivity index (χ2v) is 10.5. The van der Waals surface area contributed by atoms with E-state index in [0.717, 1.165) is 50.5 Å². The van der Waals surface area contributed by atoms with Gasteiger partial charge in [-0.05, 0) is 54.4 Å². The number of benzene rings is 1. The summed E-state index contributed by atoms with van der Waals surface area (Å²) in [6.07, 6.45) is 5.79. The van der Waals surface area contributed by atoms with Gasteiger partial charge in [-0.1, -0.05) is 19.1 Å². The lowest BCUT2D eigenvalue weighted by molar-refractivity contribution is 0.312. The highest BCUT2D eigenvalue weighted by Crippen LogP contribution is 2.46. The van der Waals surface area contributed by atoms with Crippen molar-refractivity contribution < 1.29 is 0 Å². The number of hydrogen-bond donors (Lipinski definition) is 1. The lowest BCUT2D eigenvalue weighted by atomic mass is 9.98. The standard InChI is InChI=1S/C28H30N6S/c1-4-18-13-20(5-6-21(18)17-29-2)27-23-16-25-22(28(23)32-31-27)15-24(35-25)19-7-8-30-26(14-19)34-11-9-33(3)10-12-34/h5-8,13-15,17H,4,9-12,16H2,1-3H3,(H,31,32)/b29-17-. The molecule has 0 unspecified atom stereocenters. The van der Waals surface area contributed by atoms with Crippen molar-refractivity contribution in [3.05, 3.63) is 64.2 Å². The summed E-state index contributed by atoms with van der Waals surface area (Å²) >= 11 is 1.89. The van der Waals surface area contributed by atoms with Crippen LogP contribution in [0.2, 0.25) is 0 Å². The predicted molar refractivity (Wildman–Crippen MR) is 146 cm³/mol. The zero-order valence-electron chi connectivity index (χ0n) is 20.5. The Kier molecular flexibility index (Phi) is 5.74. The van der Waals surface area contributed by atoms with E-state index in [1.54, 1.807) is 0 Å². The molecule has 0 bridgehead atoms. The molecule has 0 radical (unpaired) electrons. The molecular formula is C28H30N6S. The van der Waals surface area contributed by atoms with Gasteiger partial charge in [-0.25, -0.2) is 4.98 Å². The topological polar surface area (TPSA) is 60.4 Å². The molecule has 1 aliphatic carbocycles. The minimum absolute atomic E-state index is 0.928. The fourth-order valence-corrected chi connectivity index (χ4v) is 6.35. The molecule has 178 valence electrons. The average molecular weight is 483 g/mol. The number of hydrogen-bond acceptors (Lipinski definition) is 6. The maximum Gasteiger partial charge on any atom is 0.129 e. The average Bonchev–Trinajstić information content (AvgIpc) is 3.57. The van der Waals surface area contributed by atoms with E-state index in [1.165, 1.54) is 48.8 Å². The van der Waals surface area contributed by atoms with Gasteiger partial charge < -0.3 is 9.80 Å². The van der Waals surface area contributed by atoms with Crippen molar-refractivity contribution in [2.75, 3.05) is 45.2 Å². The largest absolute Gasteiger partial charge is 0.354 e. The molecule has 0 atom stereocenters. The fraction of sp³-hybridized carbons (Fsp3) is 0.321. The zero-order valence-corrected chi connectivity index (χ0v) is 21.3. The van der Waals surface area contributed by atoms with Gasteiger partial charge >= 0.3 is 0 Å². The third-order valence-electron chi connectivity index (χ3n) is 7.21. The Balaban J connectivity index is 1.29. The van der Waals surface area contributed by atoms with E-state index in [4.69, 9.17) is 5.10 Å². The number of thiophene rings is 1. The third kappa shape index (κ3) is 3.98. The van der Waals surface area contributed by atoms with Crippen molar-refractivity contribution >= 4 is 23.4 Å². The molecule has 0 spiro atoms. The number of aryl methyl sites for hydroxylation is 1. The first-order valence-electron chi connectivity index (χ1n) is 12.3. The Morgan fingerprint density at radius 1 is 1.09 bits per heavy atom. The molecule has 3 aromatic heterocycles. The number of rotatable bonds is 5. The zero-order chi connectivity index (χ0) is 23.9. The third-order valence-corrected chi connectivity index (χ3v) is 8.39. The summed E-state index contributed by atoms with van der Waals surface area (Å²) in [7, 11) is 4.00. The molecule has 0 saturated carbocycles.